The van der Waals surface area contributed by atoms with Crippen LogP contribution >= 0.6 is 0 Å². The minimum absolute atomic E-state index is 0.791. The summed E-state index contributed by atoms with van der Waals surface area (Å²) in [7, 11) is 0. The van der Waals surface area contributed by atoms with E-state index in [0.717, 1.165) is 30.4 Å². The van der Waals surface area contributed by atoms with Crippen LogP contribution in [-0.4, -0.2) is 6.29 Å². The molecule has 0 aromatic carbocycles. The van der Waals surface area contributed by atoms with Gasteiger partial charge in [0, 0.05) is 5.70 Å². The van der Waals surface area contributed by atoms with E-state index in [1.165, 1.54) is 0 Å². The Morgan fingerprint density at radius 3 is 2.70 bits per heavy atom. The summed E-state index contributed by atoms with van der Waals surface area (Å²) in [5.74, 6) is 5.15. The zero-order valence-electron chi connectivity index (χ0n) is 5.63. The molecule has 0 heterocycles. The molecule has 1 aliphatic carbocycles. The topological polar surface area (TPSA) is 55.1 Å². The molecule has 3 heteroatoms. The fourth-order valence-electron chi connectivity index (χ4n) is 0.872. The van der Waals surface area contributed by atoms with E-state index in [1.54, 1.807) is 6.08 Å². The van der Waals surface area contributed by atoms with Crippen molar-refractivity contribution in [1.29, 1.82) is 0 Å². The molecule has 0 spiro atoms. The van der Waals surface area contributed by atoms with E-state index in [0.29, 0.717) is 0 Å². The van der Waals surface area contributed by atoms with Gasteiger partial charge < -0.3 is 5.43 Å². The van der Waals surface area contributed by atoms with E-state index in [1.807, 2.05) is 6.08 Å². The van der Waals surface area contributed by atoms with Crippen LogP contribution in [0.3, 0.4) is 0 Å². The smallest absolute Gasteiger partial charge is 0.146 e. The number of hydrogen-bond acceptors (Lipinski definition) is 3. The number of aldehydes is 1. The van der Waals surface area contributed by atoms with E-state index in [9.17, 15) is 4.79 Å². The first-order valence-corrected chi connectivity index (χ1v) is 3.18. The molecule has 0 radical (unpaired) electrons. The van der Waals surface area contributed by atoms with Crippen molar-refractivity contribution >= 4 is 6.29 Å². The summed E-state index contributed by atoms with van der Waals surface area (Å²) in [5.41, 5.74) is 4.36. The van der Waals surface area contributed by atoms with Crippen LogP contribution in [0.15, 0.2) is 23.4 Å². The summed E-state index contributed by atoms with van der Waals surface area (Å²) < 4.78 is 0. The second-order valence-corrected chi connectivity index (χ2v) is 2.20. The summed E-state index contributed by atoms with van der Waals surface area (Å²) in [5, 5.41) is 0. The number of allylic oxidation sites excluding steroid dienone is 4. The predicted octanol–water partition coefficient (Wildman–Crippen LogP) is 0.253. The predicted molar refractivity (Wildman–Crippen MR) is 38.8 cm³/mol. The Morgan fingerprint density at radius 2 is 2.30 bits per heavy atom. The van der Waals surface area contributed by atoms with E-state index in [2.05, 4.69) is 5.43 Å². The van der Waals surface area contributed by atoms with Gasteiger partial charge in [0.15, 0.2) is 0 Å². The van der Waals surface area contributed by atoms with Crippen LogP contribution in [0.2, 0.25) is 0 Å². The maximum Gasteiger partial charge on any atom is 0.146 e. The second-order valence-electron chi connectivity index (χ2n) is 2.20. The number of nitrogens with two attached hydrogens (primary N) is 1. The minimum Gasteiger partial charge on any atom is -0.328 e. The first-order chi connectivity index (χ1) is 4.86. The SMILES string of the molecule is NNC1=CC=C(C=O)CC1. The van der Waals surface area contributed by atoms with Crippen LogP contribution in [-0.2, 0) is 4.79 Å². The lowest BCUT2D eigenvalue weighted by Gasteiger charge is -2.09. The molecule has 0 bridgehead atoms. The molecule has 10 heavy (non-hydrogen) atoms. The number of hydrogen-bond donors (Lipinski definition) is 2. The van der Waals surface area contributed by atoms with Crippen LogP contribution in [0.4, 0.5) is 0 Å². The number of nitrogens with one attached hydrogen (secondary N) is 1. The highest BCUT2D eigenvalue weighted by molar-refractivity contribution is 5.74. The van der Waals surface area contributed by atoms with Gasteiger partial charge in [-0.2, -0.15) is 0 Å². The fourth-order valence-corrected chi connectivity index (χ4v) is 0.872. The summed E-state index contributed by atoms with van der Waals surface area (Å²) in [4.78, 5) is 10.2. The quantitative estimate of drug-likeness (QED) is 0.327. The molecule has 0 aromatic heterocycles. The van der Waals surface area contributed by atoms with Crippen molar-refractivity contribution < 1.29 is 4.79 Å². The molecule has 0 saturated heterocycles. The monoisotopic (exact) mass is 138 g/mol. The molecule has 0 aliphatic heterocycles. The lowest BCUT2D eigenvalue weighted by Crippen LogP contribution is -2.21. The van der Waals surface area contributed by atoms with E-state index in [4.69, 9.17) is 5.84 Å². The van der Waals surface area contributed by atoms with Gasteiger partial charge in [-0.05, 0) is 24.5 Å². The van der Waals surface area contributed by atoms with Crippen molar-refractivity contribution in [2.75, 3.05) is 0 Å². The molecular formula is C7H10N2O. The van der Waals surface area contributed by atoms with Crippen LogP contribution in [0.25, 0.3) is 0 Å². The molecule has 0 amide bonds. The van der Waals surface area contributed by atoms with Gasteiger partial charge in [0.25, 0.3) is 0 Å². The van der Waals surface area contributed by atoms with Crippen molar-refractivity contribution in [1.82, 2.24) is 5.43 Å². The Bertz CT molecular complexity index is 194. The Balaban J connectivity index is 2.64. The van der Waals surface area contributed by atoms with Gasteiger partial charge in [-0.1, -0.05) is 6.08 Å². The first-order valence-electron chi connectivity index (χ1n) is 3.18. The van der Waals surface area contributed by atoms with Crippen LogP contribution < -0.4 is 11.3 Å². The Hall–Kier alpha value is -1.09. The summed E-state index contributed by atoms with van der Waals surface area (Å²) in [6.45, 7) is 0. The average Bonchev–Trinajstić information content (AvgIpc) is 2.05. The van der Waals surface area contributed by atoms with Crippen molar-refractivity contribution in [2.45, 2.75) is 12.8 Å². The summed E-state index contributed by atoms with van der Waals surface area (Å²) in [6, 6.07) is 0. The van der Waals surface area contributed by atoms with Crippen molar-refractivity contribution in [2.24, 2.45) is 5.84 Å². The summed E-state index contributed by atoms with van der Waals surface area (Å²) in [6.07, 6.45) is 6.11. The van der Waals surface area contributed by atoms with Gasteiger partial charge in [-0.3, -0.25) is 10.6 Å². The second kappa shape index (κ2) is 3.17. The van der Waals surface area contributed by atoms with Crippen molar-refractivity contribution in [3.63, 3.8) is 0 Å². The van der Waals surface area contributed by atoms with Gasteiger partial charge in [-0.25, -0.2) is 0 Å². The van der Waals surface area contributed by atoms with E-state index in [-0.39, 0.29) is 0 Å². The van der Waals surface area contributed by atoms with E-state index >= 15 is 0 Å². The third-order valence-corrected chi connectivity index (χ3v) is 1.52. The van der Waals surface area contributed by atoms with Crippen LogP contribution in [0.5, 0.6) is 0 Å². The maximum atomic E-state index is 10.2. The molecular weight excluding hydrogens is 128 g/mol. The Labute approximate surface area is 59.6 Å². The first kappa shape index (κ1) is 7.02. The molecule has 0 atom stereocenters. The minimum atomic E-state index is 0.791. The normalized spacial score (nSPS) is 17.3. The highest BCUT2D eigenvalue weighted by Crippen LogP contribution is 2.13. The molecule has 0 aromatic rings. The highest BCUT2D eigenvalue weighted by Gasteiger charge is 2.02. The van der Waals surface area contributed by atoms with Gasteiger partial charge in [0.2, 0.25) is 0 Å². The van der Waals surface area contributed by atoms with Crippen LogP contribution in [0.1, 0.15) is 12.8 Å². The molecule has 0 unspecified atom stereocenters. The zero-order chi connectivity index (χ0) is 7.40. The number of carbonyl (C=O) groups is 1. The van der Waals surface area contributed by atoms with Crippen molar-refractivity contribution in [3.8, 4) is 0 Å². The van der Waals surface area contributed by atoms with Gasteiger partial charge in [0.1, 0.15) is 6.29 Å². The largest absolute Gasteiger partial charge is 0.328 e. The standard InChI is InChI=1S/C7H10N2O/c8-9-7-3-1-6(5-10)2-4-7/h1,3,5,9H,2,4,8H2. The van der Waals surface area contributed by atoms with E-state index < -0.39 is 0 Å². The number of carbonyl (C=O) groups excluding carboxylic acids is 1. The van der Waals surface area contributed by atoms with Gasteiger partial charge in [-0.15, -0.1) is 0 Å². The third kappa shape index (κ3) is 1.45. The molecule has 0 fully saturated rings. The lowest BCUT2D eigenvalue weighted by molar-refractivity contribution is -0.105. The van der Waals surface area contributed by atoms with Crippen LogP contribution in [0, 0.1) is 0 Å². The Morgan fingerprint density at radius 1 is 1.50 bits per heavy atom. The molecule has 54 valence electrons. The lowest BCUT2D eigenvalue weighted by atomic mass is 10.0. The molecule has 1 aliphatic rings. The molecule has 3 nitrogen and oxygen atoms in total. The van der Waals surface area contributed by atoms with Gasteiger partial charge in [0.05, 0.1) is 0 Å². The number of hydrazine groups is 1. The maximum absolute atomic E-state index is 10.2. The Kier molecular flexibility index (Phi) is 2.23. The average molecular weight is 138 g/mol. The molecule has 1 rings (SSSR count). The molecule has 3 N–H and O–H groups in total. The third-order valence-electron chi connectivity index (χ3n) is 1.52. The fraction of sp³-hybridized carbons (Fsp3) is 0.286. The highest BCUT2D eigenvalue weighted by atomic mass is 16.1. The van der Waals surface area contributed by atoms with Gasteiger partial charge >= 0.3 is 0 Å². The zero-order valence-corrected chi connectivity index (χ0v) is 5.63. The molecule has 0 saturated carbocycles. The van der Waals surface area contributed by atoms with Crippen molar-refractivity contribution in [3.05, 3.63) is 23.4 Å². The summed E-state index contributed by atoms with van der Waals surface area (Å²) >= 11 is 0. The number of rotatable bonds is 2.